The molecule has 0 atom stereocenters. The van der Waals surface area contributed by atoms with Crippen LogP contribution in [0, 0.1) is 0 Å². The van der Waals surface area contributed by atoms with Crippen LogP contribution in [0.4, 0.5) is 0 Å². The molecule has 0 amide bonds. The highest BCUT2D eigenvalue weighted by molar-refractivity contribution is 9.10. The number of rotatable bonds is 6. The Hall–Kier alpha value is -1.27. The van der Waals surface area contributed by atoms with E-state index in [0.717, 1.165) is 36.0 Å². The van der Waals surface area contributed by atoms with Crippen LogP contribution in [-0.2, 0) is 6.42 Å². The van der Waals surface area contributed by atoms with Crippen molar-refractivity contribution < 1.29 is 4.42 Å². The van der Waals surface area contributed by atoms with Crippen molar-refractivity contribution in [3.63, 3.8) is 0 Å². The third-order valence-corrected chi connectivity index (χ3v) is 2.79. The Morgan fingerprint density at radius 2 is 2.17 bits per heavy atom. The molecule has 0 saturated heterocycles. The van der Waals surface area contributed by atoms with Gasteiger partial charge in [0.05, 0.1) is 5.56 Å². The van der Waals surface area contributed by atoms with Crippen molar-refractivity contribution in [2.45, 2.75) is 19.8 Å². The van der Waals surface area contributed by atoms with E-state index in [1.165, 1.54) is 0 Å². The first-order valence-corrected chi connectivity index (χ1v) is 6.73. The van der Waals surface area contributed by atoms with Gasteiger partial charge in [0.1, 0.15) is 0 Å². The van der Waals surface area contributed by atoms with Crippen LogP contribution < -0.4 is 5.32 Å². The predicted molar refractivity (Wildman–Crippen MR) is 72.1 cm³/mol. The highest BCUT2D eigenvalue weighted by Crippen LogP contribution is 2.20. The predicted octanol–water partition coefficient (Wildman–Crippen LogP) is 2.44. The molecule has 0 spiro atoms. The summed E-state index contributed by atoms with van der Waals surface area (Å²) in [6.07, 6.45) is 5.29. The molecule has 0 aliphatic heterocycles. The first-order valence-electron chi connectivity index (χ1n) is 5.93. The SMILES string of the molecule is CCCNCCc1nnc(-c2cncc(Br)c2)o1. The Morgan fingerprint density at radius 3 is 2.94 bits per heavy atom. The van der Waals surface area contributed by atoms with Gasteiger partial charge >= 0.3 is 0 Å². The van der Waals surface area contributed by atoms with Crippen LogP contribution in [0.5, 0.6) is 0 Å². The van der Waals surface area contributed by atoms with E-state index in [0.29, 0.717) is 11.8 Å². The number of hydrogen-bond acceptors (Lipinski definition) is 5. The van der Waals surface area contributed by atoms with E-state index in [-0.39, 0.29) is 0 Å². The summed E-state index contributed by atoms with van der Waals surface area (Å²) in [5.41, 5.74) is 0.824. The molecule has 0 aliphatic rings. The molecule has 0 aliphatic carbocycles. The van der Waals surface area contributed by atoms with E-state index < -0.39 is 0 Å². The van der Waals surface area contributed by atoms with Gasteiger partial charge in [0.25, 0.3) is 0 Å². The van der Waals surface area contributed by atoms with Crippen LogP contribution in [-0.4, -0.2) is 28.3 Å². The summed E-state index contributed by atoms with van der Waals surface area (Å²) >= 11 is 3.36. The average molecular weight is 311 g/mol. The van der Waals surface area contributed by atoms with Crippen LogP contribution in [0.2, 0.25) is 0 Å². The van der Waals surface area contributed by atoms with Gasteiger partial charge in [-0.25, -0.2) is 0 Å². The van der Waals surface area contributed by atoms with Crippen molar-refractivity contribution in [3.8, 4) is 11.5 Å². The van der Waals surface area contributed by atoms with E-state index in [9.17, 15) is 0 Å². The van der Waals surface area contributed by atoms with Gasteiger partial charge in [0.2, 0.25) is 11.8 Å². The van der Waals surface area contributed by atoms with Crippen LogP contribution >= 0.6 is 15.9 Å². The summed E-state index contributed by atoms with van der Waals surface area (Å²) < 4.78 is 6.47. The first-order chi connectivity index (χ1) is 8.79. The van der Waals surface area contributed by atoms with Crippen molar-refractivity contribution in [1.82, 2.24) is 20.5 Å². The standard InChI is InChI=1S/C12H15BrN4O/c1-2-4-14-5-3-11-16-17-12(18-11)9-6-10(13)8-15-7-9/h6-8,14H,2-5H2,1H3. The summed E-state index contributed by atoms with van der Waals surface area (Å²) in [4.78, 5) is 4.07. The van der Waals surface area contributed by atoms with Gasteiger partial charge in [-0.2, -0.15) is 0 Å². The topological polar surface area (TPSA) is 63.8 Å². The highest BCUT2D eigenvalue weighted by atomic mass is 79.9. The van der Waals surface area contributed by atoms with Gasteiger partial charge < -0.3 is 9.73 Å². The maximum atomic E-state index is 5.58. The minimum Gasteiger partial charge on any atom is -0.421 e. The van der Waals surface area contributed by atoms with Gasteiger partial charge in [0.15, 0.2) is 0 Å². The summed E-state index contributed by atoms with van der Waals surface area (Å²) in [6, 6.07) is 1.90. The maximum absolute atomic E-state index is 5.58. The minimum atomic E-state index is 0.509. The van der Waals surface area contributed by atoms with Gasteiger partial charge in [-0.3, -0.25) is 4.98 Å². The zero-order valence-electron chi connectivity index (χ0n) is 10.2. The van der Waals surface area contributed by atoms with Crippen LogP contribution in [0.3, 0.4) is 0 Å². The van der Waals surface area contributed by atoms with E-state index >= 15 is 0 Å². The molecule has 2 aromatic heterocycles. The lowest BCUT2D eigenvalue weighted by molar-refractivity contribution is 0.494. The van der Waals surface area contributed by atoms with Gasteiger partial charge in [-0.15, -0.1) is 10.2 Å². The van der Waals surface area contributed by atoms with E-state index in [1.807, 2.05) is 6.07 Å². The Labute approximate surface area is 114 Å². The molecule has 1 N–H and O–H groups in total. The number of halogens is 1. The molecular formula is C12H15BrN4O. The van der Waals surface area contributed by atoms with Crippen molar-refractivity contribution in [2.24, 2.45) is 0 Å². The molecule has 0 bridgehead atoms. The number of pyridine rings is 1. The second kappa shape index (κ2) is 6.61. The molecule has 96 valence electrons. The average Bonchev–Trinajstić information content (AvgIpc) is 2.83. The van der Waals surface area contributed by atoms with Crippen molar-refractivity contribution >= 4 is 15.9 Å². The molecule has 0 saturated carbocycles. The van der Waals surface area contributed by atoms with Crippen LogP contribution in [0.15, 0.2) is 27.3 Å². The fourth-order valence-corrected chi connectivity index (χ4v) is 1.86. The molecule has 0 radical (unpaired) electrons. The van der Waals surface area contributed by atoms with Gasteiger partial charge in [-0.1, -0.05) is 6.92 Å². The Morgan fingerprint density at radius 1 is 1.28 bits per heavy atom. The van der Waals surface area contributed by atoms with E-state index in [1.54, 1.807) is 12.4 Å². The van der Waals surface area contributed by atoms with Crippen molar-refractivity contribution in [2.75, 3.05) is 13.1 Å². The number of nitrogens with one attached hydrogen (secondary N) is 1. The van der Waals surface area contributed by atoms with Crippen LogP contribution in [0.1, 0.15) is 19.2 Å². The third kappa shape index (κ3) is 3.61. The fourth-order valence-electron chi connectivity index (χ4n) is 1.50. The molecule has 18 heavy (non-hydrogen) atoms. The molecule has 0 aromatic carbocycles. The Bertz CT molecular complexity index is 500. The summed E-state index contributed by atoms with van der Waals surface area (Å²) in [6.45, 7) is 4.00. The lowest BCUT2D eigenvalue weighted by Crippen LogP contribution is -2.17. The molecule has 6 heteroatoms. The summed E-state index contributed by atoms with van der Waals surface area (Å²) in [7, 11) is 0. The fraction of sp³-hybridized carbons (Fsp3) is 0.417. The zero-order chi connectivity index (χ0) is 12.8. The van der Waals surface area contributed by atoms with Crippen LogP contribution in [0.25, 0.3) is 11.5 Å². The molecule has 2 heterocycles. The minimum absolute atomic E-state index is 0.509. The number of aromatic nitrogens is 3. The second-order valence-electron chi connectivity index (χ2n) is 3.89. The molecule has 2 aromatic rings. The summed E-state index contributed by atoms with van der Waals surface area (Å²) in [5.74, 6) is 1.16. The largest absolute Gasteiger partial charge is 0.421 e. The molecular weight excluding hydrogens is 296 g/mol. The molecule has 0 fully saturated rings. The second-order valence-corrected chi connectivity index (χ2v) is 4.81. The maximum Gasteiger partial charge on any atom is 0.249 e. The smallest absolute Gasteiger partial charge is 0.249 e. The Balaban J connectivity index is 1.97. The van der Waals surface area contributed by atoms with Gasteiger partial charge in [-0.05, 0) is 35.0 Å². The monoisotopic (exact) mass is 310 g/mol. The lowest BCUT2D eigenvalue weighted by atomic mass is 10.3. The quantitative estimate of drug-likeness (QED) is 0.830. The van der Waals surface area contributed by atoms with Crippen molar-refractivity contribution in [3.05, 3.63) is 28.8 Å². The van der Waals surface area contributed by atoms with Gasteiger partial charge in [0, 0.05) is 29.8 Å². The number of nitrogens with zero attached hydrogens (tertiary/aromatic N) is 3. The highest BCUT2D eigenvalue weighted by Gasteiger charge is 2.08. The zero-order valence-corrected chi connectivity index (χ0v) is 11.8. The Kier molecular flexibility index (Phi) is 4.83. The molecule has 5 nitrogen and oxygen atoms in total. The number of hydrogen-bond donors (Lipinski definition) is 1. The molecule has 2 rings (SSSR count). The normalized spacial score (nSPS) is 10.8. The van der Waals surface area contributed by atoms with Crippen molar-refractivity contribution in [1.29, 1.82) is 0 Å². The lowest BCUT2D eigenvalue weighted by Gasteiger charge is -1.98. The first kappa shape index (κ1) is 13.2. The molecule has 0 unspecified atom stereocenters. The van der Waals surface area contributed by atoms with E-state index in [2.05, 4.69) is 43.4 Å². The third-order valence-electron chi connectivity index (χ3n) is 2.36. The van der Waals surface area contributed by atoms with E-state index in [4.69, 9.17) is 4.42 Å². The summed E-state index contributed by atoms with van der Waals surface area (Å²) in [5, 5.41) is 11.3.